The molecule has 0 amide bonds. The summed E-state index contributed by atoms with van der Waals surface area (Å²) in [6, 6.07) is 0. The minimum Gasteiger partial charge on any atom is -0.299 e. The summed E-state index contributed by atoms with van der Waals surface area (Å²) in [5, 5.41) is -6.92. The van der Waals surface area contributed by atoms with Crippen molar-refractivity contribution in [2.45, 2.75) is 44.0 Å². The van der Waals surface area contributed by atoms with Crippen LogP contribution in [0.3, 0.4) is 0 Å². The molecular weight excluding hydrogens is 387 g/mol. The van der Waals surface area contributed by atoms with Crippen LogP contribution in [0.5, 0.6) is 0 Å². The summed E-state index contributed by atoms with van der Waals surface area (Å²) in [5.74, 6) is -15.6. The monoisotopic (exact) mass is 398 g/mol. The highest BCUT2D eigenvalue weighted by molar-refractivity contribution is 7.87. The first-order valence-electron chi connectivity index (χ1n) is 5.75. The summed E-state index contributed by atoms with van der Waals surface area (Å²) in [4.78, 5) is 11.0. The summed E-state index contributed by atoms with van der Waals surface area (Å²) >= 11 is 0. The SMILES string of the molecule is CC(=O)C(C)(C)COS(=O)(=O)C(F)(F)C(F)(F)C(F)(F)C(F)(F)F. The maximum atomic E-state index is 13.3. The molecule has 0 saturated heterocycles. The smallest absolute Gasteiger partial charge is 0.299 e. The van der Waals surface area contributed by atoms with Gasteiger partial charge in [-0.15, -0.1) is 0 Å². The van der Waals surface area contributed by atoms with Crippen molar-refractivity contribution in [1.82, 2.24) is 0 Å². The minimum absolute atomic E-state index is 0.848. The number of ketones is 1. The van der Waals surface area contributed by atoms with Gasteiger partial charge in [0.25, 0.3) is 0 Å². The maximum Gasteiger partial charge on any atom is 0.460 e. The van der Waals surface area contributed by atoms with Gasteiger partial charge < -0.3 is 0 Å². The Morgan fingerprint density at radius 3 is 1.54 bits per heavy atom. The van der Waals surface area contributed by atoms with Gasteiger partial charge in [0.1, 0.15) is 5.78 Å². The van der Waals surface area contributed by atoms with Crippen molar-refractivity contribution in [1.29, 1.82) is 0 Å². The fourth-order valence-electron chi connectivity index (χ4n) is 0.918. The molecule has 0 aromatic rings. The van der Waals surface area contributed by atoms with Gasteiger partial charge in [0.05, 0.1) is 6.61 Å². The Morgan fingerprint density at radius 1 is 0.875 bits per heavy atom. The van der Waals surface area contributed by atoms with Gasteiger partial charge in [-0.2, -0.15) is 47.9 Å². The summed E-state index contributed by atoms with van der Waals surface area (Å²) in [6.07, 6.45) is -7.16. The molecule has 0 rings (SSSR count). The Morgan fingerprint density at radius 2 is 1.25 bits per heavy atom. The van der Waals surface area contributed by atoms with E-state index in [9.17, 15) is 52.7 Å². The molecule has 0 N–H and O–H groups in total. The van der Waals surface area contributed by atoms with Crippen LogP contribution < -0.4 is 0 Å². The zero-order valence-corrected chi connectivity index (χ0v) is 13.0. The van der Waals surface area contributed by atoms with Gasteiger partial charge in [-0.1, -0.05) is 13.8 Å². The molecule has 4 nitrogen and oxygen atoms in total. The average molecular weight is 398 g/mol. The van der Waals surface area contributed by atoms with Crippen molar-refractivity contribution in [3.05, 3.63) is 0 Å². The van der Waals surface area contributed by atoms with Crippen molar-refractivity contribution in [3.63, 3.8) is 0 Å². The van der Waals surface area contributed by atoms with Gasteiger partial charge in [0, 0.05) is 5.41 Å². The molecule has 24 heavy (non-hydrogen) atoms. The van der Waals surface area contributed by atoms with Gasteiger partial charge in [-0.05, 0) is 6.92 Å². The lowest BCUT2D eigenvalue weighted by Crippen LogP contribution is -2.63. The Kier molecular flexibility index (Phi) is 5.77. The molecule has 0 unspecified atom stereocenters. The third-order valence-electron chi connectivity index (χ3n) is 2.96. The molecular formula is C10H11F9O4S. The quantitative estimate of drug-likeness (QED) is 0.488. The van der Waals surface area contributed by atoms with Crippen LogP contribution >= 0.6 is 0 Å². The van der Waals surface area contributed by atoms with Crippen LogP contribution in [0.25, 0.3) is 0 Å². The third-order valence-corrected chi connectivity index (χ3v) is 4.27. The predicted octanol–water partition coefficient (Wildman–Crippen LogP) is 3.37. The second-order valence-electron chi connectivity index (χ2n) is 5.32. The lowest BCUT2D eigenvalue weighted by atomic mass is 9.90. The van der Waals surface area contributed by atoms with Crippen molar-refractivity contribution in [2.24, 2.45) is 5.41 Å². The van der Waals surface area contributed by atoms with Gasteiger partial charge in [0.15, 0.2) is 0 Å². The highest BCUT2D eigenvalue weighted by atomic mass is 32.2. The Balaban J connectivity index is 5.84. The van der Waals surface area contributed by atoms with Crippen molar-refractivity contribution >= 4 is 15.9 Å². The van der Waals surface area contributed by atoms with E-state index in [1.165, 1.54) is 0 Å². The summed E-state index contributed by atoms with van der Waals surface area (Å²) in [5.41, 5.74) is -1.81. The first-order chi connectivity index (χ1) is 10.2. The predicted molar refractivity (Wildman–Crippen MR) is 60.2 cm³/mol. The number of halogens is 9. The van der Waals surface area contributed by atoms with Crippen LogP contribution in [0.15, 0.2) is 0 Å². The second-order valence-corrected chi connectivity index (χ2v) is 6.98. The molecule has 0 radical (unpaired) electrons. The molecule has 0 aliphatic rings. The van der Waals surface area contributed by atoms with Crippen LogP contribution in [0.4, 0.5) is 39.5 Å². The van der Waals surface area contributed by atoms with Crippen molar-refractivity contribution in [3.8, 4) is 0 Å². The number of alkyl halides is 9. The van der Waals surface area contributed by atoms with E-state index in [4.69, 9.17) is 0 Å². The lowest BCUT2D eigenvalue weighted by Gasteiger charge is -2.33. The molecule has 0 fully saturated rings. The van der Waals surface area contributed by atoms with Gasteiger partial charge in [-0.25, -0.2) is 0 Å². The molecule has 0 aromatic heterocycles. The molecule has 0 aromatic carbocycles. The molecule has 0 spiro atoms. The fraction of sp³-hybridized carbons (Fsp3) is 0.900. The molecule has 144 valence electrons. The summed E-state index contributed by atoms with van der Waals surface area (Å²) < 4.78 is 139. The fourth-order valence-corrected chi connectivity index (χ4v) is 1.96. The van der Waals surface area contributed by atoms with Crippen LogP contribution in [0.1, 0.15) is 20.8 Å². The number of carbonyl (C=O) groups is 1. The molecule has 14 heteroatoms. The van der Waals surface area contributed by atoms with Crippen molar-refractivity contribution < 1.29 is 56.9 Å². The summed E-state index contributed by atoms with van der Waals surface area (Å²) in [7, 11) is -6.94. The number of Topliss-reactive ketones (excluding diaryl/α,β-unsaturated/α-hetero) is 1. The first kappa shape index (κ1) is 22.9. The highest BCUT2D eigenvalue weighted by Crippen LogP contribution is 2.55. The zero-order valence-electron chi connectivity index (χ0n) is 12.2. The molecule has 0 saturated carbocycles. The van der Waals surface area contributed by atoms with E-state index < -0.39 is 51.2 Å². The molecule has 0 aliphatic heterocycles. The Labute approximate surface area is 130 Å². The van der Waals surface area contributed by atoms with E-state index in [-0.39, 0.29) is 0 Å². The zero-order chi connectivity index (χ0) is 20.0. The van der Waals surface area contributed by atoms with Crippen molar-refractivity contribution in [2.75, 3.05) is 6.61 Å². The van der Waals surface area contributed by atoms with E-state index >= 15 is 0 Å². The minimum atomic E-state index is -7.37. The van der Waals surface area contributed by atoms with Crippen LogP contribution in [0.2, 0.25) is 0 Å². The van der Waals surface area contributed by atoms with E-state index in [1.807, 2.05) is 0 Å². The Bertz CT molecular complexity index is 592. The summed E-state index contributed by atoms with van der Waals surface area (Å²) in [6.45, 7) is 1.24. The van der Waals surface area contributed by atoms with E-state index in [1.54, 1.807) is 0 Å². The molecule has 0 heterocycles. The Hall–Kier alpha value is -1.05. The van der Waals surface area contributed by atoms with Crippen LogP contribution in [-0.2, 0) is 19.1 Å². The second kappa shape index (κ2) is 6.04. The lowest BCUT2D eigenvalue weighted by molar-refractivity contribution is -0.382. The maximum absolute atomic E-state index is 13.3. The third kappa shape index (κ3) is 3.63. The van der Waals surface area contributed by atoms with Crippen LogP contribution in [-0.4, -0.2) is 44.1 Å². The standard InChI is InChI=1S/C10H11F9O4S/c1-5(20)6(2,3)4-23-24(21,22)10(18,19)8(13,14)7(11,12)9(15,16)17/h4H2,1-3H3. The van der Waals surface area contributed by atoms with Gasteiger partial charge >= 0.3 is 33.4 Å². The van der Waals surface area contributed by atoms with E-state index in [2.05, 4.69) is 4.18 Å². The number of rotatable bonds is 7. The van der Waals surface area contributed by atoms with E-state index in [0.717, 1.165) is 20.8 Å². The molecule has 0 aliphatic carbocycles. The number of carbonyl (C=O) groups excluding carboxylic acids is 1. The highest BCUT2D eigenvalue weighted by Gasteiger charge is 2.85. The molecule has 0 atom stereocenters. The average Bonchev–Trinajstić information content (AvgIpc) is 2.34. The normalized spacial score (nSPS) is 15.5. The van der Waals surface area contributed by atoms with Gasteiger partial charge in [-0.3, -0.25) is 8.98 Å². The molecule has 0 bridgehead atoms. The van der Waals surface area contributed by atoms with E-state index in [0.29, 0.717) is 0 Å². The van der Waals surface area contributed by atoms with Crippen LogP contribution in [0, 0.1) is 5.41 Å². The first-order valence-corrected chi connectivity index (χ1v) is 7.16. The number of hydrogen-bond acceptors (Lipinski definition) is 4. The number of hydrogen-bond donors (Lipinski definition) is 0. The van der Waals surface area contributed by atoms with Gasteiger partial charge in [0.2, 0.25) is 0 Å². The largest absolute Gasteiger partial charge is 0.460 e. The topological polar surface area (TPSA) is 60.4 Å².